The fraction of sp³-hybridized carbons (Fsp3) is 0.348. The summed E-state index contributed by atoms with van der Waals surface area (Å²) in [6.07, 6.45) is 1.76. The van der Waals surface area contributed by atoms with E-state index in [1.54, 1.807) is 14.2 Å². The number of nitrogens with one attached hydrogen (secondary N) is 1. The number of anilines is 1. The fourth-order valence-corrected chi connectivity index (χ4v) is 3.82. The molecule has 1 aromatic heterocycles. The molecular weight excluding hydrogens is 380 g/mol. The molecule has 2 heterocycles. The van der Waals surface area contributed by atoms with Crippen LogP contribution in [-0.4, -0.2) is 43.2 Å². The largest absolute Gasteiger partial charge is 0.497 e. The molecule has 1 aliphatic heterocycles. The lowest BCUT2D eigenvalue weighted by Crippen LogP contribution is -2.43. The van der Waals surface area contributed by atoms with Crippen LogP contribution in [0.4, 0.5) is 5.82 Å². The Bertz CT molecular complexity index is 1040. The summed E-state index contributed by atoms with van der Waals surface area (Å²) in [5.41, 5.74) is 2.62. The summed E-state index contributed by atoms with van der Waals surface area (Å²) in [5, 5.41) is 3.06. The Hall–Kier alpha value is -3.35. The van der Waals surface area contributed by atoms with Crippen molar-refractivity contribution in [1.29, 1.82) is 0 Å². The van der Waals surface area contributed by atoms with Crippen molar-refractivity contribution in [3.8, 4) is 11.6 Å². The number of benzene rings is 2. The second-order valence-electron chi connectivity index (χ2n) is 7.40. The normalized spacial score (nSPS) is 16.3. The molecule has 1 atom stereocenters. The molecule has 0 bridgehead atoms. The predicted octanol–water partition coefficient (Wildman–Crippen LogP) is 3.18. The minimum Gasteiger partial charge on any atom is -0.497 e. The number of fused-ring (bicyclic) bond motifs is 1. The van der Waals surface area contributed by atoms with E-state index in [0.717, 1.165) is 41.7 Å². The molecule has 0 spiro atoms. The molecule has 1 amide bonds. The molecule has 3 aromatic rings. The van der Waals surface area contributed by atoms with Crippen molar-refractivity contribution in [3.05, 3.63) is 54.1 Å². The van der Waals surface area contributed by atoms with Crippen LogP contribution in [-0.2, 0) is 11.3 Å². The molecule has 156 valence electrons. The van der Waals surface area contributed by atoms with Crippen molar-refractivity contribution < 1.29 is 14.3 Å². The quantitative estimate of drug-likeness (QED) is 0.678. The van der Waals surface area contributed by atoms with Crippen molar-refractivity contribution in [2.45, 2.75) is 19.4 Å². The first-order valence-corrected chi connectivity index (χ1v) is 10.1. The molecule has 30 heavy (non-hydrogen) atoms. The first-order chi connectivity index (χ1) is 14.7. The smallest absolute Gasteiger partial charge is 0.257 e. The highest BCUT2D eigenvalue weighted by atomic mass is 16.5. The van der Waals surface area contributed by atoms with Gasteiger partial charge in [0.25, 0.3) is 5.88 Å². The van der Waals surface area contributed by atoms with Crippen molar-refractivity contribution in [2.75, 3.05) is 32.2 Å². The van der Waals surface area contributed by atoms with Crippen molar-refractivity contribution in [2.24, 2.45) is 5.92 Å². The van der Waals surface area contributed by atoms with E-state index < -0.39 is 0 Å². The van der Waals surface area contributed by atoms with Crippen LogP contribution in [0.5, 0.6) is 11.6 Å². The number of nitrogens with zero attached hydrogens (tertiary/aromatic N) is 3. The van der Waals surface area contributed by atoms with Crippen LogP contribution in [0.2, 0.25) is 0 Å². The predicted molar refractivity (Wildman–Crippen MR) is 116 cm³/mol. The highest BCUT2D eigenvalue weighted by Gasteiger charge is 2.28. The second-order valence-corrected chi connectivity index (χ2v) is 7.40. The van der Waals surface area contributed by atoms with Gasteiger partial charge in [0.05, 0.1) is 31.2 Å². The zero-order valence-electron chi connectivity index (χ0n) is 17.3. The molecule has 1 N–H and O–H groups in total. The number of rotatable bonds is 6. The van der Waals surface area contributed by atoms with Gasteiger partial charge in [0.1, 0.15) is 5.75 Å². The third kappa shape index (κ3) is 4.30. The molecule has 0 aliphatic carbocycles. The number of carbonyl (C=O) groups excluding carboxylic acids is 1. The van der Waals surface area contributed by atoms with E-state index in [4.69, 9.17) is 14.5 Å². The number of piperidine rings is 1. The average Bonchev–Trinajstić information content (AvgIpc) is 2.81. The SMILES string of the molecule is COc1cccc(CNC(=O)[C@H]2CCCN(c3nc4ccccc4nc3OC)C2)c1. The highest BCUT2D eigenvalue weighted by Crippen LogP contribution is 2.30. The van der Waals surface area contributed by atoms with E-state index in [1.165, 1.54) is 0 Å². The monoisotopic (exact) mass is 406 g/mol. The Labute approximate surface area is 176 Å². The van der Waals surface area contributed by atoms with Crippen LogP contribution in [0.25, 0.3) is 11.0 Å². The number of aromatic nitrogens is 2. The minimum absolute atomic E-state index is 0.0511. The fourth-order valence-electron chi connectivity index (χ4n) is 3.82. The number of methoxy groups -OCH3 is 2. The first kappa shape index (κ1) is 19.9. The van der Waals surface area contributed by atoms with Gasteiger partial charge in [0, 0.05) is 19.6 Å². The Morgan fingerprint density at radius 1 is 1.10 bits per heavy atom. The lowest BCUT2D eigenvalue weighted by atomic mass is 9.97. The standard InChI is InChI=1S/C23H26N4O3/c1-29-18-9-5-7-16(13-18)14-24-22(28)17-8-6-12-27(15-17)21-23(30-2)26-20-11-4-3-10-19(20)25-21/h3-5,7,9-11,13,17H,6,8,12,14-15H2,1-2H3,(H,24,28)/t17-/m0/s1. The van der Waals surface area contributed by atoms with E-state index in [-0.39, 0.29) is 11.8 Å². The van der Waals surface area contributed by atoms with Gasteiger partial charge in [-0.1, -0.05) is 24.3 Å². The molecular formula is C23H26N4O3. The summed E-state index contributed by atoms with van der Waals surface area (Å²) in [6.45, 7) is 1.89. The van der Waals surface area contributed by atoms with Crippen LogP contribution in [0.15, 0.2) is 48.5 Å². The van der Waals surface area contributed by atoms with E-state index in [2.05, 4.69) is 15.2 Å². The van der Waals surface area contributed by atoms with E-state index in [9.17, 15) is 4.79 Å². The zero-order chi connectivity index (χ0) is 20.9. The van der Waals surface area contributed by atoms with Gasteiger partial charge in [-0.3, -0.25) is 4.79 Å². The average molecular weight is 406 g/mol. The molecule has 1 saturated heterocycles. The lowest BCUT2D eigenvalue weighted by molar-refractivity contribution is -0.125. The molecule has 7 heteroatoms. The summed E-state index contributed by atoms with van der Waals surface area (Å²) in [7, 11) is 3.24. The van der Waals surface area contributed by atoms with Crippen molar-refractivity contribution in [3.63, 3.8) is 0 Å². The molecule has 0 radical (unpaired) electrons. The van der Waals surface area contributed by atoms with E-state index in [1.807, 2.05) is 48.5 Å². The minimum atomic E-state index is -0.109. The number of para-hydroxylation sites is 2. The Morgan fingerprint density at radius 2 is 1.90 bits per heavy atom. The summed E-state index contributed by atoms with van der Waals surface area (Å²) < 4.78 is 10.8. The van der Waals surface area contributed by atoms with Crippen LogP contribution in [0, 0.1) is 5.92 Å². The maximum Gasteiger partial charge on any atom is 0.257 e. The molecule has 2 aromatic carbocycles. The lowest BCUT2D eigenvalue weighted by Gasteiger charge is -2.33. The van der Waals surface area contributed by atoms with Gasteiger partial charge in [-0.05, 0) is 42.7 Å². The topological polar surface area (TPSA) is 76.6 Å². The van der Waals surface area contributed by atoms with Gasteiger partial charge >= 0.3 is 0 Å². The summed E-state index contributed by atoms with van der Waals surface area (Å²) in [4.78, 5) is 24.3. The summed E-state index contributed by atoms with van der Waals surface area (Å²) in [6, 6.07) is 15.5. The number of hydrogen-bond donors (Lipinski definition) is 1. The molecule has 0 saturated carbocycles. The zero-order valence-corrected chi connectivity index (χ0v) is 17.3. The van der Waals surface area contributed by atoms with E-state index in [0.29, 0.717) is 24.8 Å². The van der Waals surface area contributed by atoms with Crippen LogP contribution < -0.4 is 19.7 Å². The first-order valence-electron chi connectivity index (χ1n) is 10.1. The number of amides is 1. The maximum atomic E-state index is 12.8. The summed E-state index contributed by atoms with van der Waals surface area (Å²) in [5.74, 6) is 1.91. The maximum absolute atomic E-state index is 12.8. The van der Waals surface area contributed by atoms with Gasteiger partial charge in [0.2, 0.25) is 5.91 Å². The number of ether oxygens (including phenoxy) is 2. The molecule has 7 nitrogen and oxygen atoms in total. The van der Waals surface area contributed by atoms with Gasteiger partial charge in [0.15, 0.2) is 5.82 Å². The summed E-state index contributed by atoms with van der Waals surface area (Å²) >= 11 is 0. The van der Waals surface area contributed by atoms with Crippen LogP contribution in [0.1, 0.15) is 18.4 Å². The molecule has 0 unspecified atom stereocenters. The van der Waals surface area contributed by atoms with Crippen molar-refractivity contribution >= 4 is 22.8 Å². The molecule has 4 rings (SSSR count). The molecule has 1 aliphatic rings. The third-order valence-corrected chi connectivity index (χ3v) is 5.41. The van der Waals surface area contributed by atoms with Crippen LogP contribution >= 0.6 is 0 Å². The second kappa shape index (κ2) is 8.98. The number of hydrogen-bond acceptors (Lipinski definition) is 6. The van der Waals surface area contributed by atoms with Gasteiger partial charge < -0.3 is 19.7 Å². The van der Waals surface area contributed by atoms with Gasteiger partial charge in [-0.15, -0.1) is 0 Å². The van der Waals surface area contributed by atoms with Gasteiger partial charge in [-0.2, -0.15) is 0 Å². The van der Waals surface area contributed by atoms with E-state index >= 15 is 0 Å². The highest BCUT2D eigenvalue weighted by molar-refractivity contribution is 5.80. The van der Waals surface area contributed by atoms with Crippen molar-refractivity contribution in [1.82, 2.24) is 15.3 Å². The third-order valence-electron chi connectivity index (χ3n) is 5.41. The van der Waals surface area contributed by atoms with Crippen LogP contribution in [0.3, 0.4) is 0 Å². The van der Waals surface area contributed by atoms with Gasteiger partial charge in [-0.25, -0.2) is 9.97 Å². The number of carbonyl (C=O) groups is 1. The Morgan fingerprint density at radius 3 is 2.67 bits per heavy atom. The Balaban J connectivity index is 1.46. The molecule has 1 fully saturated rings. The Kier molecular flexibility index (Phi) is 5.97.